The van der Waals surface area contributed by atoms with Crippen LogP contribution < -0.4 is 10.6 Å². The van der Waals surface area contributed by atoms with Gasteiger partial charge in [-0.2, -0.15) is 0 Å². The molecule has 1 fully saturated rings. The van der Waals surface area contributed by atoms with Gasteiger partial charge in [0.05, 0.1) is 18.8 Å². The number of rotatable bonds is 5. The first-order valence-corrected chi connectivity index (χ1v) is 5.58. The third-order valence-electron chi connectivity index (χ3n) is 2.52. The van der Waals surface area contributed by atoms with Crippen LogP contribution in [-0.4, -0.2) is 71.9 Å². The summed E-state index contributed by atoms with van der Waals surface area (Å²) in [5.41, 5.74) is 0. The van der Waals surface area contributed by atoms with E-state index in [-0.39, 0.29) is 18.4 Å². The molecular formula is C10H19N3O4. The highest BCUT2D eigenvalue weighted by Crippen LogP contribution is 2.08. The number of aliphatic hydroxyl groups is 2. The van der Waals surface area contributed by atoms with Gasteiger partial charge >= 0.3 is 0 Å². The topological polar surface area (TPSA) is 102 Å². The van der Waals surface area contributed by atoms with E-state index >= 15 is 0 Å². The Morgan fingerprint density at radius 3 is 2.24 bits per heavy atom. The summed E-state index contributed by atoms with van der Waals surface area (Å²) in [4.78, 5) is 23.7. The molecule has 2 atom stereocenters. The Hall–Kier alpha value is -1.18. The summed E-state index contributed by atoms with van der Waals surface area (Å²) >= 11 is 0. The van der Waals surface area contributed by atoms with Crippen molar-refractivity contribution in [3.63, 3.8) is 0 Å². The Bertz CT molecular complexity index is 275. The lowest BCUT2D eigenvalue weighted by Crippen LogP contribution is -2.40. The number of hydrogen-bond acceptors (Lipinski definition) is 5. The van der Waals surface area contributed by atoms with Crippen LogP contribution in [0.2, 0.25) is 0 Å². The first-order chi connectivity index (χ1) is 7.99. The van der Waals surface area contributed by atoms with Gasteiger partial charge in [0.25, 0.3) is 0 Å². The van der Waals surface area contributed by atoms with E-state index in [1.54, 1.807) is 4.90 Å². The number of carbonyl (C=O) groups is 2. The molecule has 0 aromatic heterocycles. The van der Waals surface area contributed by atoms with Gasteiger partial charge in [0.15, 0.2) is 0 Å². The zero-order valence-electron chi connectivity index (χ0n) is 9.85. The maximum Gasteiger partial charge on any atom is 0.234 e. The average Bonchev–Trinajstić information content (AvgIpc) is 2.52. The lowest BCUT2D eigenvalue weighted by atomic mass is 10.3. The largest absolute Gasteiger partial charge is 0.389 e. The van der Waals surface area contributed by atoms with Gasteiger partial charge in [-0.1, -0.05) is 0 Å². The molecule has 2 amide bonds. The molecule has 1 aliphatic heterocycles. The zero-order chi connectivity index (χ0) is 12.8. The molecule has 0 aromatic rings. The molecule has 17 heavy (non-hydrogen) atoms. The van der Waals surface area contributed by atoms with E-state index < -0.39 is 12.2 Å². The molecule has 7 nitrogen and oxygen atoms in total. The van der Waals surface area contributed by atoms with Crippen molar-refractivity contribution in [1.29, 1.82) is 0 Å². The number of β-amino-alcohol motifs (C(OH)–C–C–N with tert-alkyl or cyclic N) is 2. The second kappa shape index (κ2) is 6.53. The van der Waals surface area contributed by atoms with Crippen molar-refractivity contribution in [2.45, 2.75) is 19.1 Å². The van der Waals surface area contributed by atoms with Crippen molar-refractivity contribution in [1.82, 2.24) is 15.5 Å². The molecule has 0 aromatic carbocycles. The Balaban J connectivity index is 2.11. The van der Waals surface area contributed by atoms with Crippen LogP contribution in [0, 0.1) is 0 Å². The van der Waals surface area contributed by atoms with Crippen molar-refractivity contribution in [2.75, 3.05) is 32.7 Å². The van der Waals surface area contributed by atoms with Crippen molar-refractivity contribution in [3.05, 3.63) is 0 Å². The van der Waals surface area contributed by atoms with E-state index in [1.165, 1.54) is 6.92 Å². The summed E-state index contributed by atoms with van der Waals surface area (Å²) in [6, 6.07) is 0. The molecule has 1 heterocycles. The number of nitrogens with one attached hydrogen (secondary N) is 2. The van der Waals surface area contributed by atoms with E-state index in [0.29, 0.717) is 26.2 Å². The fourth-order valence-corrected chi connectivity index (χ4v) is 1.68. The predicted octanol–water partition coefficient (Wildman–Crippen LogP) is -2.72. The number of amides is 2. The third-order valence-corrected chi connectivity index (χ3v) is 2.52. The zero-order valence-corrected chi connectivity index (χ0v) is 9.85. The van der Waals surface area contributed by atoms with Gasteiger partial charge in [-0.3, -0.25) is 14.5 Å². The highest BCUT2D eigenvalue weighted by atomic mass is 16.3. The first kappa shape index (κ1) is 13.9. The van der Waals surface area contributed by atoms with Gasteiger partial charge < -0.3 is 20.8 Å². The minimum atomic E-state index is -0.776. The number of likely N-dealkylation sites (tertiary alicyclic amines) is 1. The van der Waals surface area contributed by atoms with Crippen LogP contribution in [0.5, 0.6) is 0 Å². The van der Waals surface area contributed by atoms with Crippen molar-refractivity contribution < 1.29 is 19.8 Å². The highest BCUT2D eigenvalue weighted by Gasteiger charge is 2.30. The fraction of sp³-hybridized carbons (Fsp3) is 0.800. The van der Waals surface area contributed by atoms with Crippen molar-refractivity contribution in [2.24, 2.45) is 0 Å². The minimum absolute atomic E-state index is 0.134. The van der Waals surface area contributed by atoms with E-state index in [0.717, 1.165) is 0 Å². The Morgan fingerprint density at radius 1 is 1.18 bits per heavy atom. The number of hydrogen-bond donors (Lipinski definition) is 4. The average molecular weight is 245 g/mol. The van der Waals surface area contributed by atoms with E-state index in [4.69, 9.17) is 0 Å². The summed E-state index contributed by atoms with van der Waals surface area (Å²) in [6.07, 6.45) is -1.55. The monoisotopic (exact) mass is 245 g/mol. The minimum Gasteiger partial charge on any atom is -0.389 e. The van der Waals surface area contributed by atoms with Gasteiger partial charge in [-0.15, -0.1) is 0 Å². The van der Waals surface area contributed by atoms with Gasteiger partial charge in [0.2, 0.25) is 11.8 Å². The number of aliphatic hydroxyl groups excluding tert-OH is 2. The smallest absolute Gasteiger partial charge is 0.234 e. The highest BCUT2D eigenvalue weighted by molar-refractivity contribution is 5.78. The van der Waals surface area contributed by atoms with E-state index in [1.807, 2.05) is 0 Å². The summed E-state index contributed by atoms with van der Waals surface area (Å²) in [7, 11) is 0. The summed E-state index contributed by atoms with van der Waals surface area (Å²) < 4.78 is 0. The van der Waals surface area contributed by atoms with E-state index in [9.17, 15) is 19.8 Å². The molecule has 0 spiro atoms. The molecule has 0 saturated carbocycles. The molecule has 0 radical (unpaired) electrons. The van der Waals surface area contributed by atoms with Gasteiger partial charge in [0, 0.05) is 33.1 Å². The lowest BCUT2D eigenvalue weighted by molar-refractivity contribution is -0.122. The molecule has 7 heteroatoms. The summed E-state index contributed by atoms with van der Waals surface area (Å²) in [5.74, 6) is -0.318. The van der Waals surface area contributed by atoms with Crippen molar-refractivity contribution in [3.8, 4) is 0 Å². The van der Waals surface area contributed by atoms with Crippen LogP contribution in [0.4, 0.5) is 0 Å². The van der Waals surface area contributed by atoms with Crippen LogP contribution >= 0.6 is 0 Å². The maximum atomic E-state index is 11.4. The molecule has 0 aliphatic carbocycles. The third kappa shape index (κ3) is 5.12. The van der Waals surface area contributed by atoms with Gasteiger partial charge in [0.1, 0.15) is 0 Å². The normalized spacial score (nSPS) is 24.6. The second-order valence-electron chi connectivity index (χ2n) is 4.16. The molecule has 1 saturated heterocycles. The van der Waals surface area contributed by atoms with Crippen LogP contribution in [0.3, 0.4) is 0 Å². The molecule has 1 aliphatic rings. The molecule has 0 bridgehead atoms. The quantitative estimate of drug-likeness (QED) is 0.394. The van der Waals surface area contributed by atoms with Crippen LogP contribution in [0.15, 0.2) is 0 Å². The van der Waals surface area contributed by atoms with Crippen molar-refractivity contribution >= 4 is 11.8 Å². The van der Waals surface area contributed by atoms with Gasteiger partial charge in [-0.25, -0.2) is 0 Å². The summed E-state index contributed by atoms with van der Waals surface area (Å²) in [6.45, 7) is 2.94. The molecular weight excluding hydrogens is 226 g/mol. The first-order valence-electron chi connectivity index (χ1n) is 5.58. The SMILES string of the molecule is CC(=O)NCCNC(=O)CN1CC(O)C(O)C1. The molecule has 4 N–H and O–H groups in total. The lowest BCUT2D eigenvalue weighted by Gasteiger charge is -2.14. The van der Waals surface area contributed by atoms with Gasteiger partial charge in [-0.05, 0) is 0 Å². The van der Waals surface area contributed by atoms with E-state index in [2.05, 4.69) is 10.6 Å². The Morgan fingerprint density at radius 2 is 1.71 bits per heavy atom. The second-order valence-corrected chi connectivity index (χ2v) is 4.16. The molecule has 98 valence electrons. The van der Waals surface area contributed by atoms with Crippen LogP contribution in [-0.2, 0) is 9.59 Å². The molecule has 2 unspecified atom stereocenters. The Kier molecular flexibility index (Phi) is 5.33. The Labute approximate surface area is 99.8 Å². The maximum absolute atomic E-state index is 11.4. The van der Waals surface area contributed by atoms with Crippen LogP contribution in [0.1, 0.15) is 6.92 Å². The summed E-state index contributed by atoms with van der Waals surface area (Å²) in [5, 5.41) is 23.8. The fourth-order valence-electron chi connectivity index (χ4n) is 1.68. The van der Waals surface area contributed by atoms with Crippen LogP contribution in [0.25, 0.3) is 0 Å². The number of nitrogens with zero attached hydrogens (tertiary/aromatic N) is 1. The number of carbonyl (C=O) groups excluding carboxylic acids is 2. The standard InChI is InChI=1S/C10H19N3O4/c1-7(14)11-2-3-12-10(17)6-13-4-8(15)9(16)5-13/h8-9,15-16H,2-6H2,1H3,(H,11,14)(H,12,17). The molecule has 1 rings (SSSR count). The predicted molar refractivity (Wildman–Crippen MR) is 60.1 cm³/mol.